The Kier molecular flexibility index (Phi) is 5.73. The van der Waals surface area contributed by atoms with Crippen LogP contribution in [0.25, 0.3) is 0 Å². The highest BCUT2D eigenvalue weighted by atomic mass is 79.9. The molecule has 0 amide bonds. The summed E-state index contributed by atoms with van der Waals surface area (Å²) in [6, 6.07) is 2.77. The number of carbonyl (C=O) groups is 1. The Hall–Kier alpha value is -1.38. The number of halogens is 6. The molecule has 0 heterocycles. The molecule has 0 spiro atoms. The Labute approximate surface area is 118 Å². The molecule has 0 atom stereocenters. The van der Waals surface area contributed by atoms with Gasteiger partial charge in [0.1, 0.15) is 17.3 Å². The van der Waals surface area contributed by atoms with Gasteiger partial charge in [0.25, 0.3) is 0 Å². The highest BCUT2D eigenvalue weighted by molar-refractivity contribution is 9.09. The van der Waals surface area contributed by atoms with E-state index in [2.05, 4.69) is 25.4 Å². The van der Waals surface area contributed by atoms with Crippen molar-refractivity contribution < 1.29 is 36.2 Å². The lowest BCUT2D eigenvalue weighted by Crippen LogP contribution is -2.19. The van der Waals surface area contributed by atoms with E-state index < -0.39 is 24.5 Å². The van der Waals surface area contributed by atoms with E-state index >= 15 is 0 Å². The Bertz CT molecular complexity index is 476. The summed E-state index contributed by atoms with van der Waals surface area (Å²) >= 11 is 2.87. The van der Waals surface area contributed by atoms with Crippen LogP contribution < -0.4 is 9.47 Å². The van der Waals surface area contributed by atoms with Crippen LogP contribution in [0.4, 0.5) is 22.0 Å². The van der Waals surface area contributed by atoms with E-state index in [1.807, 2.05) is 0 Å². The van der Waals surface area contributed by atoms with Crippen molar-refractivity contribution in [3.8, 4) is 11.5 Å². The lowest BCUT2D eigenvalue weighted by Gasteiger charge is -2.14. The summed E-state index contributed by atoms with van der Waals surface area (Å²) in [5, 5.41) is -0.0479. The monoisotopic (exact) mass is 362 g/mol. The molecule has 1 rings (SSSR count). The number of ketones is 1. The highest BCUT2D eigenvalue weighted by Gasteiger charge is 2.32. The van der Waals surface area contributed by atoms with Crippen LogP contribution in [0.15, 0.2) is 18.2 Å². The number of ether oxygens (including phenoxy) is 2. The average molecular weight is 363 g/mol. The fourth-order valence-electron chi connectivity index (χ4n) is 1.34. The van der Waals surface area contributed by atoms with E-state index in [0.29, 0.717) is 6.07 Å². The van der Waals surface area contributed by atoms with Crippen molar-refractivity contribution in [3.63, 3.8) is 0 Å². The number of Topliss-reactive ketones (excluding diaryl/α,β-unsaturated/α-hetero) is 1. The zero-order valence-corrected chi connectivity index (χ0v) is 11.3. The minimum Gasteiger partial charge on any atom is -0.435 e. The van der Waals surface area contributed by atoms with E-state index in [1.165, 1.54) is 0 Å². The first-order chi connectivity index (χ1) is 9.21. The van der Waals surface area contributed by atoms with Crippen molar-refractivity contribution >= 4 is 21.7 Å². The van der Waals surface area contributed by atoms with Crippen LogP contribution in [0.2, 0.25) is 0 Å². The van der Waals surface area contributed by atoms with E-state index in [-0.39, 0.29) is 23.1 Å². The molecule has 0 aromatic heterocycles. The predicted molar refractivity (Wildman–Crippen MR) is 62.3 cm³/mol. The molecular weight excluding hydrogens is 355 g/mol. The Morgan fingerprint density at radius 3 is 2.45 bits per heavy atom. The van der Waals surface area contributed by atoms with E-state index in [9.17, 15) is 26.7 Å². The van der Waals surface area contributed by atoms with Crippen molar-refractivity contribution in [1.29, 1.82) is 0 Å². The third-order valence-corrected chi connectivity index (χ3v) is 2.65. The van der Waals surface area contributed by atoms with Crippen LogP contribution in [-0.4, -0.2) is 24.1 Å². The number of carbonyl (C=O) groups excluding carboxylic acids is 1. The van der Waals surface area contributed by atoms with Gasteiger partial charge in [0.2, 0.25) is 0 Å². The van der Waals surface area contributed by atoms with Crippen LogP contribution in [0, 0.1) is 0 Å². The molecule has 1 aromatic carbocycles. The van der Waals surface area contributed by atoms with Crippen LogP contribution in [0.3, 0.4) is 0 Å². The van der Waals surface area contributed by atoms with Crippen LogP contribution in [-0.2, 0) is 11.2 Å². The summed E-state index contributed by atoms with van der Waals surface area (Å²) in [7, 11) is 0. The average Bonchev–Trinajstić information content (AvgIpc) is 2.29. The molecule has 3 nitrogen and oxygen atoms in total. The van der Waals surface area contributed by atoms with E-state index in [4.69, 9.17) is 0 Å². The van der Waals surface area contributed by atoms with Gasteiger partial charge in [-0.05, 0) is 6.07 Å². The molecule has 0 N–H and O–H groups in total. The minimum atomic E-state index is -5.00. The van der Waals surface area contributed by atoms with Crippen molar-refractivity contribution in [2.45, 2.75) is 19.4 Å². The summed E-state index contributed by atoms with van der Waals surface area (Å²) in [5.74, 6) is -1.63. The third-order valence-electron chi connectivity index (χ3n) is 2.03. The molecule has 20 heavy (non-hydrogen) atoms. The lowest BCUT2D eigenvalue weighted by atomic mass is 10.1. The molecular formula is C11H8BrF5O3. The zero-order valence-electron chi connectivity index (χ0n) is 9.72. The van der Waals surface area contributed by atoms with Gasteiger partial charge in [-0.1, -0.05) is 22.0 Å². The molecule has 0 unspecified atom stereocenters. The summed E-state index contributed by atoms with van der Waals surface area (Å²) in [4.78, 5) is 11.2. The Balaban J connectivity index is 3.05. The summed E-state index contributed by atoms with van der Waals surface area (Å²) < 4.78 is 68.4. The van der Waals surface area contributed by atoms with Crippen molar-refractivity contribution in [2.24, 2.45) is 0 Å². The lowest BCUT2D eigenvalue weighted by molar-refractivity contribution is -0.274. The van der Waals surface area contributed by atoms with Gasteiger partial charge in [-0.2, -0.15) is 8.78 Å². The second-order valence-corrected chi connectivity index (χ2v) is 4.11. The largest absolute Gasteiger partial charge is 0.573 e. The SMILES string of the molecule is O=C(CBr)Cc1ccc(OC(F)F)cc1OC(F)(F)F. The maximum Gasteiger partial charge on any atom is 0.573 e. The third kappa shape index (κ3) is 5.72. The van der Waals surface area contributed by atoms with Crippen molar-refractivity contribution in [1.82, 2.24) is 0 Å². The number of alkyl halides is 6. The van der Waals surface area contributed by atoms with E-state index in [0.717, 1.165) is 12.1 Å². The summed E-state index contributed by atoms with van der Waals surface area (Å²) in [5.41, 5.74) is -0.0756. The number of benzene rings is 1. The zero-order chi connectivity index (χ0) is 15.3. The second-order valence-electron chi connectivity index (χ2n) is 3.54. The van der Waals surface area contributed by atoms with Gasteiger partial charge in [-0.3, -0.25) is 4.79 Å². The minimum absolute atomic E-state index is 0.0479. The molecule has 112 valence electrons. The van der Waals surface area contributed by atoms with Gasteiger partial charge < -0.3 is 9.47 Å². The molecule has 1 aromatic rings. The molecule has 9 heteroatoms. The Morgan fingerprint density at radius 1 is 1.30 bits per heavy atom. The standard InChI is InChI=1S/C11H8BrF5O3/c12-5-7(18)3-6-1-2-8(19-10(13)14)4-9(6)20-11(15,16)17/h1-2,4,10H,3,5H2. The van der Waals surface area contributed by atoms with Crippen molar-refractivity contribution in [2.75, 3.05) is 5.33 Å². The summed E-state index contributed by atoms with van der Waals surface area (Å²) in [6.45, 7) is -3.18. The predicted octanol–water partition coefficient (Wildman–Crippen LogP) is 3.69. The van der Waals surface area contributed by atoms with Gasteiger partial charge in [-0.15, -0.1) is 13.2 Å². The Morgan fingerprint density at radius 2 is 1.95 bits per heavy atom. The van der Waals surface area contributed by atoms with Crippen LogP contribution in [0.1, 0.15) is 5.56 Å². The van der Waals surface area contributed by atoms with Crippen LogP contribution in [0.5, 0.6) is 11.5 Å². The fourth-order valence-corrected chi connectivity index (χ4v) is 1.53. The highest BCUT2D eigenvalue weighted by Crippen LogP contribution is 2.31. The topological polar surface area (TPSA) is 35.5 Å². The second kappa shape index (κ2) is 6.87. The molecule has 0 saturated carbocycles. The van der Waals surface area contributed by atoms with Gasteiger partial charge in [0.05, 0.1) is 5.33 Å². The van der Waals surface area contributed by atoms with Gasteiger partial charge in [-0.25, -0.2) is 0 Å². The first-order valence-corrected chi connectivity index (χ1v) is 6.24. The first-order valence-electron chi connectivity index (χ1n) is 5.12. The molecule has 0 bridgehead atoms. The summed E-state index contributed by atoms with van der Waals surface area (Å²) in [6.07, 6.45) is -5.33. The molecule has 0 aliphatic heterocycles. The molecule has 0 fully saturated rings. The smallest absolute Gasteiger partial charge is 0.435 e. The fraction of sp³-hybridized carbons (Fsp3) is 0.364. The molecule has 0 aliphatic carbocycles. The maximum absolute atomic E-state index is 12.2. The quantitative estimate of drug-likeness (QED) is 0.571. The first kappa shape index (κ1) is 16.7. The number of hydrogen-bond acceptors (Lipinski definition) is 3. The maximum atomic E-state index is 12.2. The molecule has 0 aliphatic rings. The van der Waals surface area contributed by atoms with Gasteiger partial charge in [0.15, 0.2) is 0 Å². The number of rotatable bonds is 6. The van der Waals surface area contributed by atoms with Crippen molar-refractivity contribution in [3.05, 3.63) is 23.8 Å². The number of hydrogen-bond donors (Lipinski definition) is 0. The van der Waals surface area contributed by atoms with Gasteiger partial charge >= 0.3 is 13.0 Å². The van der Waals surface area contributed by atoms with Crippen LogP contribution >= 0.6 is 15.9 Å². The normalized spacial score (nSPS) is 11.6. The van der Waals surface area contributed by atoms with Gasteiger partial charge in [0, 0.05) is 18.1 Å². The molecule has 0 saturated heterocycles. The van der Waals surface area contributed by atoms with E-state index in [1.54, 1.807) is 0 Å². The molecule has 0 radical (unpaired) electrons.